The Labute approximate surface area is 132 Å². The van der Waals surface area contributed by atoms with Crippen LogP contribution in [0.5, 0.6) is 0 Å². The average Bonchev–Trinajstić information content (AvgIpc) is 2.84. The van der Waals surface area contributed by atoms with Crippen LogP contribution in [0, 0.1) is 0 Å². The summed E-state index contributed by atoms with van der Waals surface area (Å²) in [7, 11) is 0. The number of ether oxygens (including phenoxy) is 3. The maximum absolute atomic E-state index is 11.4. The SMILES string of the molecule is [N-]=[N+]=NCCOCCOCCOCC(=O)ON1C(=O)CCC1=O. The van der Waals surface area contributed by atoms with Crippen molar-refractivity contribution in [3.63, 3.8) is 0 Å². The lowest BCUT2D eigenvalue weighted by atomic mass is 10.4. The molecule has 1 fully saturated rings. The Morgan fingerprint density at radius 2 is 1.61 bits per heavy atom. The second kappa shape index (κ2) is 11.4. The van der Waals surface area contributed by atoms with Crippen molar-refractivity contribution in [2.45, 2.75) is 12.8 Å². The van der Waals surface area contributed by atoms with E-state index in [1.165, 1.54) is 0 Å². The summed E-state index contributed by atoms with van der Waals surface area (Å²) in [5, 5.41) is 3.77. The van der Waals surface area contributed by atoms with E-state index in [4.69, 9.17) is 19.7 Å². The number of amides is 2. The van der Waals surface area contributed by atoms with Gasteiger partial charge in [-0.2, -0.15) is 0 Å². The fourth-order valence-corrected chi connectivity index (χ4v) is 1.53. The Bertz CT molecular complexity index is 448. The average molecular weight is 330 g/mol. The van der Waals surface area contributed by atoms with E-state index in [1.807, 2.05) is 0 Å². The molecule has 0 bridgehead atoms. The Morgan fingerprint density at radius 3 is 2.22 bits per heavy atom. The van der Waals surface area contributed by atoms with Gasteiger partial charge in [-0.25, -0.2) is 4.79 Å². The van der Waals surface area contributed by atoms with E-state index in [-0.39, 0.29) is 39.2 Å². The molecule has 0 aromatic carbocycles. The fourth-order valence-electron chi connectivity index (χ4n) is 1.53. The smallest absolute Gasteiger partial charge is 0.358 e. The summed E-state index contributed by atoms with van der Waals surface area (Å²) < 4.78 is 15.3. The summed E-state index contributed by atoms with van der Waals surface area (Å²) in [6, 6.07) is 0. The molecular weight excluding hydrogens is 312 g/mol. The van der Waals surface area contributed by atoms with Crippen LogP contribution in [0.1, 0.15) is 12.8 Å². The molecule has 0 aliphatic carbocycles. The van der Waals surface area contributed by atoms with Crippen molar-refractivity contribution in [2.75, 3.05) is 46.2 Å². The molecule has 1 rings (SSSR count). The summed E-state index contributed by atoms with van der Waals surface area (Å²) in [6.07, 6.45) is 0.0947. The highest BCUT2D eigenvalue weighted by Crippen LogP contribution is 2.11. The molecule has 0 radical (unpaired) electrons. The Morgan fingerprint density at radius 1 is 1.04 bits per heavy atom. The molecule has 1 aliphatic rings. The first-order valence-corrected chi connectivity index (χ1v) is 6.96. The minimum Gasteiger partial charge on any atom is -0.379 e. The van der Waals surface area contributed by atoms with Gasteiger partial charge in [0.2, 0.25) is 0 Å². The molecule has 0 N–H and O–H groups in total. The maximum Gasteiger partial charge on any atom is 0.358 e. The van der Waals surface area contributed by atoms with Crippen molar-refractivity contribution >= 4 is 17.8 Å². The molecule has 11 nitrogen and oxygen atoms in total. The van der Waals surface area contributed by atoms with Crippen LogP contribution < -0.4 is 0 Å². The van der Waals surface area contributed by atoms with Gasteiger partial charge in [-0.3, -0.25) is 9.59 Å². The van der Waals surface area contributed by atoms with Crippen molar-refractivity contribution in [2.24, 2.45) is 5.11 Å². The van der Waals surface area contributed by atoms with Gasteiger partial charge in [0, 0.05) is 24.3 Å². The van der Waals surface area contributed by atoms with Gasteiger partial charge in [0.15, 0.2) is 0 Å². The second-order valence-corrected chi connectivity index (χ2v) is 4.28. The largest absolute Gasteiger partial charge is 0.379 e. The molecular formula is C12H18N4O7. The standard InChI is InChI=1S/C12H18N4O7/c13-15-14-3-4-20-5-6-21-7-8-22-9-12(19)23-16-10(17)1-2-11(16)18/h1-9H2. The number of carbonyl (C=O) groups excluding carboxylic acids is 3. The molecule has 2 amide bonds. The molecule has 1 heterocycles. The van der Waals surface area contributed by atoms with Crippen LogP contribution in [0.4, 0.5) is 0 Å². The van der Waals surface area contributed by atoms with Crippen molar-refractivity contribution in [1.82, 2.24) is 5.06 Å². The number of carbonyl (C=O) groups is 3. The zero-order chi connectivity index (χ0) is 16.9. The van der Waals surface area contributed by atoms with Gasteiger partial charge in [0.1, 0.15) is 6.61 Å². The van der Waals surface area contributed by atoms with Crippen molar-refractivity contribution in [3.8, 4) is 0 Å². The van der Waals surface area contributed by atoms with Gasteiger partial charge in [-0.15, -0.1) is 5.06 Å². The zero-order valence-electron chi connectivity index (χ0n) is 12.5. The van der Waals surface area contributed by atoms with Gasteiger partial charge in [-0.1, -0.05) is 5.11 Å². The van der Waals surface area contributed by atoms with E-state index in [0.29, 0.717) is 24.9 Å². The number of azide groups is 1. The van der Waals surface area contributed by atoms with Crippen molar-refractivity contribution < 1.29 is 33.4 Å². The van der Waals surface area contributed by atoms with E-state index in [0.717, 1.165) is 0 Å². The topological polar surface area (TPSA) is 140 Å². The molecule has 0 aromatic rings. The van der Waals surface area contributed by atoms with E-state index < -0.39 is 17.8 Å². The molecule has 0 atom stereocenters. The third kappa shape index (κ3) is 8.12. The predicted molar refractivity (Wildman–Crippen MR) is 73.6 cm³/mol. The van der Waals surface area contributed by atoms with E-state index in [9.17, 15) is 14.4 Å². The second-order valence-electron chi connectivity index (χ2n) is 4.28. The monoisotopic (exact) mass is 330 g/mol. The van der Waals surface area contributed by atoms with Crippen LogP contribution in [0.25, 0.3) is 10.4 Å². The summed E-state index contributed by atoms with van der Waals surface area (Å²) in [5.74, 6) is -1.89. The molecule has 0 spiro atoms. The number of hydrogen-bond donors (Lipinski definition) is 0. The minimum absolute atomic E-state index is 0.0474. The van der Waals surface area contributed by atoms with Crippen molar-refractivity contribution in [3.05, 3.63) is 10.4 Å². The molecule has 0 aromatic heterocycles. The summed E-state index contributed by atoms with van der Waals surface area (Å²) in [4.78, 5) is 41.0. The van der Waals surface area contributed by atoms with Crippen LogP contribution >= 0.6 is 0 Å². The number of rotatable bonds is 12. The van der Waals surface area contributed by atoms with Gasteiger partial charge < -0.3 is 19.0 Å². The van der Waals surface area contributed by atoms with Crippen LogP contribution in [-0.4, -0.2) is 69.0 Å². The van der Waals surface area contributed by atoms with Crippen LogP contribution in [-0.2, 0) is 33.4 Å². The zero-order valence-corrected chi connectivity index (χ0v) is 12.5. The number of hydroxylamine groups is 2. The van der Waals surface area contributed by atoms with Gasteiger partial charge in [0.25, 0.3) is 11.8 Å². The fraction of sp³-hybridized carbons (Fsp3) is 0.750. The lowest BCUT2D eigenvalue weighted by Crippen LogP contribution is -2.33. The Kier molecular flexibility index (Phi) is 9.32. The first-order valence-electron chi connectivity index (χ1n) is 6.96. The van der Waals surface area contributed by atoms with Gasteiger partial charge >= 0.3 is 5.97 Å². The maximum atomic E-state index is 11.4. The Balaban J connectivity index is 1.92. The van der Waals surface area contributed by atoms with E-state index in [1.54, 1.807) is 0 Å². The highest BCUT2D eigenvalue weighted by molar-refractivity contribution is 6.01. The number of imide groups is 1. The number of nitrogens with zero attached hydrogens (tertiary/aromatic N) is 4. The third-order valence-corrected chi connectivity index (χ3v) is 2.56. The lowest BCUT2D eigenvalue weighted by Gasteiger charge is -2.12. The van der Waals surface area contributed by atoms with Crippen LogP contribution in [0.3, 0.4) is 0 Å². The van der Waals surface area contributed by atoms with E-state index >= 15 is 0 Å². The molecule has 23 heavy (non-hydrogen) atoms. The summed E-state index contributed by atoms with van der Waals surface area (Å²) in [6.45, 7) is 1.28. The van der Waals surface area contributed by atoms with E-state index in [2.05, 4.69) is 14.9 Å². The normalized spacial score (nSPS) is 14.0. The highest BCUT2D eigenvalue weighted by Gasteiger charge is 2.32. The molecule has 0 unspecified atom stereocenters. The molecule has 1 saturated heterocycles. The molecule has 1 aliphatic heterocycles. The predicted octanol–water partition coefficient (Wildman–Crippen LogP) is -0.0463. The van der Waals surface area contributed by atoms with Crippen LogP contribution in [0.2, 0.25) is 0 Å². The van der Waals surface area contributed by atoms with Crippen LogP contribution in [0.15, 0.2) is 5.11 Å². The van der Waals surface area contributed by atoms with Gasteiger partial charge in [-0.05, 0) is 5.53 Å². The lowest BCUT2D eigenvalue weighted by molar-refractivity contribution is -0.200. The van der Waals surface area contributed by atoms with Gasteiger partial charge in [0.05, 0.1) is 33.0 Å². The quantitative estimate of drug-likeness (QED) is 0.161. The summed E-state index contributed by atoms with van der Waals surface area (Å²) >= 11 is 0. The first kappa shape index (κ1) is 18.8. The van der Waals surface area contributed by atoms with Crippen molar-refractivity contribution in [1.29, 1.82) is 0 Å². The molecule has 0 saturated carbocycles. The third-order valence-electron chi connectivity index (χ3n) is 2.56. The molecule has 128 valence electrons. The first-order chi connectivity index (χ1) is 11.1. The molecule has 11 heteroatoms. The Hall–Kier alpha value is -2.20. The minimum atomic E-state index is -0.824. The summed E-state index contributed by atoms with van der Waals surface area (Å²) in [5.41, 5.74) is 8.03. The highest BCUT2D eigenvalue weighted by atomic mass is 16.7. The number of hydrogen-bond acceptors (Lipinski definition) is 8.